The monoisotopic (exact) mass is 116 g/mol. The summed E-state index contributed by atoms with van der Waals surface area (Å²) in [6.45, 7) is 6.30. The number of hydrogen-bond acceptors (Lipinski definition) is 1. The van der Waals surface area contributed by atoms with Crippen molar-refractivity contribution in [3.63, 3.8) is 0 Å². The van der Waals surface area contributed by atoms with Crippen molar-refractivity contribution in [3.05, 3.63) is 11.1 Å². The molecule has 0 saturated carbocycles. The third-order valence-electron chi connectivity index (χ3n) is 1.09. The molecule has 0 nitrogen and oxygen atoms in total. The molecule has 0 unspecified atom stereocenters. The quantitative estimate of drug-likeness (QED) is 0.394. The van der Waals surface area contributed by atoms with Crippen LogP contribution in [-0.2, 0) is 0 Å². The highest BCUT2D eigenvalue weighted by atomic mass is 32.1. The van der Waals surface area contributed by atoms with Gasteiger partial charge in [-0.05, 0) is 20.8 Å². The molecule has 0 N–H and O–H groups in total. The summed E-state index contributed by atoms with van der Waals surface area (Å²) in [5.74, 6) is 0.891. The summed E-state index contributed by atoms with van der Waals surface area (Å²) in [5, 5.41) is 0. The maximum absolute atomic E-state index is 4.10. The third-order valence-corrected chi connectivity index (χ3v) is 1.57. The second-order valence-corrected chi connectivity index (χ2v) is 2.25. The zero-order chi connectivity index (χ0) is 5.86. The summed E-state index contributed by atoms with van der Waals surface area (Å²) >= 11 is 4.10. The Kier molecular flexibility index (Phi) is 3.18. The maximum atomic E-state index is 4.10. The number of allylic oxidation sites excluding steroid dienone is 1. The van der Waals surface area contributed by atoms with Gasteiger partial charge in [0.1, 0.15) is 0 Å². The van der Waals surface area contributed by atoms with E-state index in [0.29, 0.717) is 0 Å². The standard InChI is InChI=1S/C6H12S/c1-5(2)6(3)4-7/h7H,4H2,1-3H3. The van der Waals surface area contributed by atoms with Gasteiger partial charge in [-0.25, -0.2) is 0 Å². The predicted octanol–water partition coefficient (Wildman–Crippen LogP) is 2.27. The molecule has 42 valence electrons. The SMILES string of the molecule is CC(C)=C(C)CS. The molecule has 0 fully saturated rings. The molecule has 0 rings (SSSR count). The largest absolute Gasteiger partial charge is 0.175 e. The van der Waals surface area contributed by atoms with Gasteiger partial charge in [-0.2, -0.15) is 12.6 Å². The van der Waals surface area contributed by atoms with Crippen molar-refractivity contribution in [2.75, 3.05) is 5.75 Å². The van der Waals surface area contributed by atoms with Gasteiger partial charge in [0, 0.05) is 5.75 Å². The molecule has 0 saturated heterocycles. The maximum Gasteiger partial charge on any atom is 0.0112 e. The summed E-state index contributed by atoms with van der Waals surface area (Å²) in [6.07, 6.45) is 0. The third kappa shape index (κ3) is 2.75. The van der Waals surface area contributed by atoms with Crippen molar-refractivity contribution in [1.29, 1.82) is 0 Å². The van der Waals surface area contributed by atoms with Crippen LogP contribution in [0, 0.1) is 0 Å². The Morgan fingerprint density at radius 2 is 1.71 bits per heavy atom. The van der Waals surface area contributed by atoms with Gasteiger partial charge in [0.2, 0.25) is 0 Å². The Balaban J connectivity index is 3.72. The minimum atomic E-state index is 0.891. The molecule has 0 bridgehead atoms. The normalized spacial score (nSPS) is 8.57. The van der Waals surface area contributed by atoms with E-state index in [1.165, 1.54) is 11.1 Å². The summed E-state index contributed by atoms with van der Waals surface area (Å²) in [6, 6.07) is 0. The highest BCUT2D eigenvalue weighted by molar-refractivity contribution is 7.80. The van der Waals surface area contributed by atoms with E-state index in [1.807, 2.05) is 0 Å². The molecule has 0 spiro atoms. The fraction of sp³-hybridized carbons (Fsp3) is 0.667. The Morgan fingerprint density at radius 1 is 1.29 bits per heavy atom. The molecule has 0 amide bonds. The van der Waals surface area contributed by atoms with Crippen LogP contribution in [0.3, 0.4) is 0 Å². The summed E-state index contributed by atoms with van der Waals surface area (Å²) in [4.78, 5) is 0. The second kappa shape index (κ2) is 3.14. The lowest BCUT2D eigenvalue weighted by molar-refractivity contribution is 1.24. The molecule has 0 aliphatic heterocycles. The minimum absolute atomic E-state index is 0.891. The lowest BCUT2D eigenvalue weighted by Gasteiger charge is -1.94. The molecular formula is C6H12S. The lowest BCUT2D eigenvalue weighted by atomic mass is 10.2. The zero-order valence-electron chi connectivity index (χ0n) is 5.15. The molecule has 0 aliphatic carbocycles. The van der Waals surface area contributed by atoms with Gasteiger partial charge < -0.3 is 0 Å². The first-order valence-electron chi connectivity index (χ1n) is 2.42. The first-order valence-corrected chi connectivity index (χ1v) is 3.05. The van der Waals surface area contributed by atoms with E-state index in [1.54, 1.807) is 0 Å². The molecule has 0 atom stereocenters. The highest BCUT2D eigenvalue weighted by Gasteiger charge is 1.83. The van der Waals surface area contributed by atoms with Crippen molar-refractivity contribution in [2.24, 2.45) is 0 Å². The Bertz CT molecular complexity index is 78.2. The first kappa shape index (κ1) is 7.09. The van der Waals surface area contributed by atoms with E-state index in [2.05, 4.69) is 33.4 Å². The van der Waals surface area contributed by atoms with Crippen LogP contribution in [0.1, 0.15) is 20.8 Å². The molecular weight excluding hydrogens is 104 g/mol. The van der Waals surface area contributed by atoms with Crippen molar-refractivity contribution in [3.8, 4) is 0 Å². The van der Waals surface area contributed by atoms with E-state index >= 15 is 0 Å². The molecule has 0 aromatic rings. The van der Waals surface area contributed by atoms with Gasteiger partial charge in [-0.3, -0.25) is 0 Å². The predicted molar refractivity (Wildman–Crippen MR) is 37.9 cm³/mol. The van der Waals surface area contributed by atoms with Crippen LogP contribution in [-0.4, -0.2) is 5.75 Å². The van der Waals surface area contributed by atoms with Gasteiger partial charge in [0.05, 0.1) is 0 Å². The van der Waals surface area contributed by atoms with Crippen LogP contribution >= 0.6 is 12.6 Å². The van der Waals surface area contributed by atoms with Gasteiger partial charge in [0.25, 0.3) is 0 Å². The van der Waals surface area contributed by atoms with Crippen LogP contribution < -0.4 is 0 Å². The van der Waals surface area contributed by atoms with E-state index in [4.69, 9.17) is 0 Å². The van der Waals surface area contributed by atoms with E-state index in [0.717, 1.165) is 5.75 Å². The van der Waals surface area contributed by atoms with Crippen LogP contribution in [0.2, 0.25) is 0 Å². The number of rotatable bonds is 1. The zero-order valence-corrected chi connectivity index (χ0v) is 6.05. The van der Waals surface area contributed by atoms with Crippen molar-refractivity contribution in [2.45, 2.75) is 20.8 Å². The smallest absolute Gasteiger partial charge is 0.0112 e. The number of hydrogen-bond donors (Lipinski definition) is 1. The Hall–Kier alpha value is 0.0900. The van der Waals surface area contributed by atoms with Gasteiger partial charge in [-0.15, -0.1) is 0 Å². The minimum Gasteiger partial charge on any atom is -0.175 e. The van der Waals surface area contributed by atoms with Crippen LogP contribution in [0.5, 0.6) is 0 Å². The van der Waals surface area contributed by atoms with Crippen LogP contribution in [0.25, 0.3) is 0 Å². The fourth-order valence-corrected chi connectivity index (χ4v) is 0.474. The van der Waals surface area contributed by atoms with Crippen molar-refractivity contribution in [1.82, 2.24) is 0 Å². The highest BCUT2D eigenvalue weighted by Crippen LogP contribution is 2.01. The van der Waals surface area contributed by atoms with Crippen molar-refractivity contribution >= 4 is 12.6 Å². The van der Waals surface area contributed by atoms with Crippen LogP contribution in [0.4, 0.5) is 0 Å². The Morgan fingerprint density at radius 3 is 1.71 bits per heavy atom. The lowest BCUT2D eigenvalue weighted by Crippen LogP contribution is -1.78. The first-order chi connectivity index (χ1) is 3.18. The summed E-state index contributed by atoms with van der Waals surface area (Å²) in [5.41, 5.74) is 2.76. The van der Waals surface area contributed by atoms with Crippen molar-refractivity contribution < 1.29 is 0 Å². The molecule has 7 heavy (non-hydrogen) atoms. The molecule has 0 aromatic heterocycles. The van der Waals surface area contributed by atoms with Gasteiger partial charge in [0.15, 0.2) is 0 Å². The summed E-state index contributed by atoms with van der Waals surface area (Å²) in [7, 11) is 0. The van der Waals surface area contributed by atoms with E-state index in [9.17, 15) is 0 Å². The van der Waals surface area contributed by atoms with Gasteiger partial charge >= 0.3 is 0 Å². The van der Waals surface area contributed by atoms with E-state index in [-0.39, 0.29) is 0 Å². The fourth-order valence-electron chi connectivity index (χ4n) is 0.158. The number of thiol groups is 1. The summed E-state index contributed by atoms with van der Waals surface area (Å²) < 4.78 is 0. The second-order valence-electron chi connectivity index (χ2n) is 1.94. The van der Waals surface area contributed by atoms with Gasteiger partial charge in [-0.1, -0.05) is 11.1 Å². The Labute approximate surface area is 51.0 Å². The average Bonchev–Trinajstić information content (AvgIpc) is 1.65. The molecule has 0 aromatic carbocycles. The molecule has 1 heteroatoms. The molecule has 0 radical (unpaired) electrons. The topological polar surface area (TPSA) is 0 Å². The average molecular weight is 116 g/mol. The van der Waals surface area contributed by atoms with Crippen LogP contribution in [0.15, 0.2) is 11.1 Å². The van der Waals surface area contributed by atoms with E-state index < -0.39 is 0 Å². The molecule has 0 heterocycles. The molecule has 0 aliphatic rings.